The van der Waals surface area contributed by atoms with E-state index in [1.807, 2.05) is 0 Å². The van der Waals surface area contributed by atoms with Crippen LogP contribution in [-0.2, 0) is 9.59 Å². The molecule has 1 aliphatic heterocycles. The van der Waals surface area contributed by atoms with Crippen molar-refractivity contribution < 1.29 is 14.4 Å². The molecular weight excluding hydrogens is 198 g/mol. The van der Waals surface area contributed by atoms with Crippen LogP contribution in [0.2, 0.25) is 0 Å². The molecule has 1 heterocycles. The average Bonchev–Trinajstić information content (AvgIpc) is 2.71. The lowest BCUT2D eigenvalue weighted by molar-refractivity contribution is -0.123. The van der Waals surface area contributed by atoms with E-state index in [0.29, 0.717) is 12.8 Å². The van der Waals surface area contributed by atoms with Gasteiger partial charge in [0, 0.05) is 5.92 Å². The van der Waals surface area contributed by atoms with Gasteiger partial charge in [0.15, 0.2) is 0 Å². The van der Waals surface area contributed by atoms with E-state index in [-0.39, 0.29) is 23.7 Å². The summed E-state index contributed by atoms with van der Waals surface area (Å²) in [4.78, 5) is 33.2. The summed E-state index contributed by atoms with van der Waals surface area (Å²) in [5.41, 5.74) is 5.19. The summed E-state index contributed by atoms with van der Waals surface area (Å²) in [5.74, 6) is -0.730. The number of imide groups is 1. The highest BCUT2D eigenvalue weighted by molar-refractivity contribution is 6.04. The third kappa shape index (κ3) is 1.79. The Bertz CT molecular complexity index is 329. The first kappa shape index (κ1) is 9.95. The van der Waals surface area contributed by atoms with Gasteiger partial charge in [-0.25, -0.2) is 4.79 Å². The predicted molar refractivity (Wildman–Crippen MR) is 50.5 cm³/mol. The zero-order chi connectivity index (χ0) is 11.0. The van der Waals surface area contributed by atoms with Gasteiger partial charge >= 0.3 is 6.03 Å². The van der Waals surface area contributed by atoms with Crippen LogP contribution in [-0.4, -0.2) is 23.9 Å². The number of amides is 4. The lowest BCUT2D eigenvalue weighted by Crippen LogP contribution is -2.36. The minimum absolute atomic E-state index is 0.0361. The third-order valence-electron chi connectivity index (χ3n) is 3.15. The number of urea groups is 1. The van der Waals surface area contributed by atoms with Crippen molar-refractivity contribution >= 4 is 17.8 Å². The normalized spacial score (nSPS) is 35.1. The Labute approximate surface area is 86.6 Å². The zero-order valence-electron chi connectivity index (χ0n) is 8.16. The van der Waals surface area contributed by atoms with E-state index in [9.17, 15) is 14.4 Å². The number of carbonyl (C=O) groups excluding carboxylic acids is 3. The topological polar surface area (TPSA) is 101 Å². The van der Waals surface area contributed by atoms with E-state index in [0.717, 1.165) is 6.42 Å². The van der Waals surface area contributed by atoms with Gasteiger partial charge in [0.05, 0.1) is 0 Å². The maximum absolute atomic E-state index is 11.3. The van der Waals surface area contributed by atoms with Crippen LogP contribution in [0.25, 0.3) is 0 Å². The summed E-state index contributed by atoms with van der Waals surface area (Å²) in [6.45, 7) is 0. The van der Waals surface area contributed by atoms with Crippen molar-refractivity contribution in [2.75, 3.05) is 0 Å². The molecule has 3 atom stereocenters. The lowest BCUT2D eigenvalue weighted by atomic mass is 9.96. The Morgan fingerprint density at radius 3 is 2.53 bits per heavy atom. The smallest absolute Gasteiger partial charge is 0.322 e. The lowest BCUT2D eigenvalue weighted by Gasteiger charge is -2.14. The van der Waals surface area contributed by atoms with Crippen molar-refractivity contribution in [1.29, 1.82) is 0 Å². The Morgan fingerprint density at radius 1 is 1.33 bits per heavy atom. The van der Waals surface area contributed by atoms with Crippen molar-refractivity contribution in [1.82, 2.24) is 10.6 Å². The molecule has 6 nitrogen and oxygen atoms in total. The van der Waals surface area contributed by atoms with Crippen molar-refractivity contribution in [3.8, 4) is 0 Å². The van der Waals surface area contributed by atoms with Crippen molar-refractivity contribution in [3.63, 3.8) is 0 Å². The van der Waals surface area contributed by atoms with Crippen LogP contribution in [0.3, 0.4) is 0 Å². The highest BCUT2D eigenvalue weighted by Gasteiger charge is 2.41. The first-order valence-electron chi connectivity index (χ1n) is 4.98. The summed E-state index contributed by atoms with van der Waals surface area (Å²) >= 11 is 0. The molecule has 0 bridgehead atoms. The molecule has 1 saturated carbocycles. The molecule has 6 heteroatoms. The van der Waals surface area contributed by atoms with Gasteiger partial charge < -0.3 is 11.1 Å². The van der Waals surface area contributed by atoms with Crippen LogP contribution in [0.5, 0.6) is 0 Å². The molecule has 15 heavy (non-hydrogen) atoms. The van der Waals surface area contributed by atoms with E-state index in [2.05, 4.69) is 10.6 Å². The monoisotopic (exact) mass is 211 g/mol. The number of primary amides is 1. The predicted octanol–water partition coefficient (Wildman–Crippen LogP) is -0.904. The van der Waals surface area contributed by atoms with Crippen molar-refractivity contribution in [2.24, 2.45) is 17.6 Å². The van der Waals surface area contributed by atoms with Gasteiger partial charge in [-0.2, -0.15) is 0 Å². The summed E-state index contributed by atoms with van der Waals surface area (Å²) < 4.78 is 0. The average molecular weight is 211 g/mol. The highest BCUT2D eigenvalue weighted by atomic mass is 16.2. The van der Waals surface area contributed by atoms with Crippen LogP contribution >= 0.6 is 0 Å². The van der Waals surface area contributed by atoms with Crippen molar-refractivity contribution in [3.05, 3.63) is 0 Å². The van der Waals surface area contributed by atoms with Gasteiger partial charge in [0.1, 0.15) is 6.04 Å². The van der Waals surface area contributed by atoms with Crippen molar-refractivity contribution in [2.45, 2.75) is 25.3 Å². The maximum atomic E-state index is 11.3. The SMILES string of the molecule is NC(=O)C1CCC(C2NC(=O)NC2=O)C1. The Hall–Kier alpha value is -1.59. The number of carbonyl (C=O) groups is 3. The second kappa shape index (κ2) is 3.52. The summed E-state index contributed by atoms with van der Waals surface area (Å²) in [5, 5.41) is 4.74. The zero-order valence-corrected chi connectivity index (χ0v) is 8.16. The molecule has 1 saturated heterocycles. The molecule has 0 aromatic heterocycles. The van der Waals surface area contributed by atoms with Crippen LogP contribution in [0.15, 0.2) is 0 Å². The largest absolute Gasteiger partial charge is 0.369 e. The first-order chi connectivity index (χ1) is 7.08. The molecule has 1 aliphatic carbocycles. The molecular formula is C9H13N3O3. The number of nitrogens with two attached hydrogens (primary N) is 1. The fourth-order valence-corrected chi connectivity index (χ4v) is 2.34. The Balaban J connectivity index is 1.99. The van der Waals surface area contributed by atoms with Gasteiger partial charge in [0.25, 0.3) is 5.91 Å². The van der Waals surface area contributed by atoms with E-state index >= 15 is 0 Å². The molecule has 0 aromatic rings. The number of rotatable bonds is 2. The minimum atomic E-state index is -0.484. The maximum Gasteiger partial charge on any atom is 0.322 e. The van der Waals surface area contributed by atoms with Gasteiger partial charge in [-0.3, -0.25) is 14.9 Å². The number of nitrogens with one attached hydrogen (secondary N) is 2. The number of hydrogen-bond donors (Lipinski definition) is 3. The second-order valence-electron chi connectivity index (χ2n) is 4.11. The van der Waals surface area contributed by atoms with E-state index in [4.69, 9.17) is 5.73 Å². The van der Waals surface area contributed by atoms with E-state index < -0.39 is 12.1 Å². The standard InChI is InChI=1S/C9H13N3O3/c10-7(13)5-2-1-4(3-5)6-8(14)12-9(15)11-6/h4-6H,1-3H2,(H2,10,13)(H2,11,12,14,15). The Morgan fingerprint density at radius 2 is 2.07 bits per heavy atom. The first-order valence-corrected chi connectivity index (χ1v) is 4.98. The molecule has 0 spiro atoms. The molecule has 0 aromatic carbocycles. The summed E-state index contributed by atoms with van der Waals surface area (Å²) in [7, 11) is 0. The molecule has 4 amide bonds. The molecule has 0 radical (unpaired) electrons. The van der Waals surface area contributed by atoms with Gasteiger partial charge in [-0.1, -0.05) is 0 Å². The molecule has 4 N–H and O–H groups in total. The second-order valence-corrected chi connectivity index (χ2v) is 4.11. The van der Waals surface area contributed by atoms with E-state index in [1.165, 1.54) is 0 Å². The van der Waals surface area contributed by atoms with Crippen LogP contribution in [0.1, 0.15) is 19.3 Å². The fourth-order valence-electron chi connectivity index (χ4n) is 2.34. The summed E-state index contributed by atoms with van der Waals surface area (Å²) in [6, 6.07) is -0.936. The van der Waals surface area contributed by atoms with Gasteiger partial charge in [-0.15, -0.1) is 0 Å². The molecule has 82 valence electrons. The van der Waals surface area contributed by atoms with Crippen LogP contribution < -0.4 is 16.4 Å². The van der Waals surface area contributed by atoms with Crippen LogP contribution in [0, 0.1) is 11.8 Å². The Kier molecular flexibility index (Phi) is 2.34. The van der Waals surface area contributed by atoms with E-state index in [1.54, 1.807) is 0 Å². The molecule has 2 aliphatic rings. The highest BCUT2D eigenvalue weighted by Crippen LogP contribution is 2.33. The third-order valence-corrected chi connectivity index (χ3v) is 3.15. The molecule has 2 rings (SSSR count). The number of hydrogen-bond acceptors (Lipinski definition) is 3. The summed E-state index contributed by atoms with van der Waals surface area (Å²) in [6.07, 6.45) is 2.05. The molecule has 3 unspecified atom stereocenters. The van der Waals surface area contributed by atoms with Crippen LogP contribution in [0.4, 0.5) is 4.79 Å². The molecule has 2 fully saturated rings. The van der Waals surface area contributed by atoms with Gasteiger partial charge in [0.2, 0.25) is 5.91 Å². The minimum Gasteiger partial charge on any atom is -0.369 e. The quantitative estimate of drug-likeness (QED) is 0.515. The van der Waals surface area contributed by atoms with Gasteiger partial charge in [-0.05, 0) is 25.2 Å². The fraction of sp³-hybridized carbons (Fsp3) is 0.667.